The normalized spacial score (nSPS) is 35.6. The third kappa shape index (κ3) is 3.16. The molecule has 88 valence electrons. The van der Waals surface area contributed by atoms with Crippen LogP contribution in [0.15, 0.2) is 0 Å². The van der Waals surface area contributed by atoms with Gasteiger partial charge >= 0.3 is 0 Å². The van der Waals surface area contributed by atoms with E-state index in [0.717, 1.165) is 25.7 Å². The van der Waals surface area contributed by atoms with Crippen molar-refractivity contribution in [3.8, 4) is 0 Å². The van der Waals surface area contributed by atoms with Crippen LogP contribution < -0.4 is 0 Å². The van der Waals surface area contributed by atoms with Crippen LogP contribution in [0.4, 0.5) is 0 Å². The molecule has 0 aromatic carbocycles. The first-order chi connectivity index (χ1) is 7.25. The number of ether oxygens (including phenoxy) is 1. The van der Waals surface area contributed by atoms with E-state index in [0.29, 0.717) is 5.92 Å². The lowest BCUT2D eigenvalue weighted by Gasteiger charge is -2.35. The zero-order valence-electron chi connectivity index (χ0n) is 9.69. The lowest BCUT2D eigenvalue weighted by atomic mass is 9.92. The smallest absolute Gasteiger partial charge is 0.0552 e. The number of rotatable bonds is 3. The molecular formula is C12H23NO2. The molecule has 0 aromatic rings. The molecule has 0 amide bonds. The Labute approximate surface area is 92.4 Å². The summed E-state index contributed by atoms with van der Waals surface area (Å²) in [4.78, 5) is 2.51. The van der Waals surface area contributed by atoms with Crippen molar-refractivity contribution >= 4 is 0 Å². The van der Waals surface area contributed by atoms with Gasteiger partial charge in [-0.25, -0.2) is 0 Å². The Morgan fingerprint density at radius 1 is 1.47 bits per heavy atom. The van der Waals surface area contributed by atoms with Crippen LogP contribution in [-0.2, 0) is 4.74 Å². The monoisotopic (exact) mass is 213 g/mol. The lowest BCUT2D eigenvalue weighted by molar-refractivity contribution is 0.0551. The van der Waals surface area contributed by atoms with Crippen molar-refractivity contribution in [3.05, 3.63) is 0 Å². The highest BCUT2D eigenvalue weighted by Gasteiger charge is 2.26. The van der Waals surface area contributed by atoms with Crippen molar-refractivity contribution in [1.82, 2.24) is 4.90 Å². The van der Waals surface area contributed by atoms with Gasteiger partial charge in [-0.1, -0.05) is 0 Å². The van der Waals surface area contributed by atoms with Crippen LogP contribution in [0.3, 0.4) is 0 Å². The van der Waals surface area contributed by atoms with E-state index in [2.05, 4.69) is 4.90 Å². The second kappa shape index (κ2) is 5.28. The Kier molecular flexibility index (Phi) is 4.00. The molecule has 0 radical (unpaired) electrons. The quantitative estimate of drug-likeness (QED) is 0.762. The van der Waals surface area contributed by atoms with Crippen molar-refractivity contribution in [2.24, 2.45) is 11.8 Å². The Bertz CT molecular complexity index is 188. The molecule has 0 aromatic heterocycles. The number of hydrogen-bond donors (Lipinski definition) is 1. The summed E-state index contributed by atoms with van der Waals surface area (Å²) in [6.45, 7) is 7.26. The largest absolute Gasteiger partial charge is 0.393 e. The van der Waals surface area contributed by atoms with E-state index >= 15 is 0 Å². The fourth-order valence-corrected chi connectivity index (χ4v) is 2.74. The third-order valence-corrected chi connectivity index (χ3v) is 3.76. The van der Waals surface area contributed by atoms with Gasteiger partial charge in [0.25, 0.3) is 0 Å². The van der Waals surface area contributed by atoms with Crippen LogP contribution >= 0.6 is 0 Å². The Hall–Kier alpha value is -0.120. The van der Waals surface area contributed by atoms with Crippen LogP contribution in [0.5, 0.6) is 0 Å². The number of piperidine rings is 1. The first-order valence-corrected chi connectivity index (χ1v) is 6.24. The average molecular weight is 213 g/mol. The van der Waals surface area contributed by atoms with Crippen LogP contribution in [0.25, 0.3) is 0 Å². The van der Waals surface area contributed by atoms with Gasteiger partial charge in [0.2, 0.25) is 0 Å². The summed E-state index contributed by atoms with van der Waals surface area (Å²) in [6.07, 6.45) is 3.50. The van der Waals surface area contributed by atoms with E-state index in [9.17, 15) is 5.11 Å². The summed E-state index contributed by atoms with van der Waals surface area (Å²) in [6, 6.07) is 0. The Balaban J connectivity index is 1.76. The molecule has 3 atom stereocenters. The van der Waals surface area contributed by atoms with E-state index in [1.807, 2.05) is 6.92 Å². The van der Waals surface area contributed by atoms with E-state index in [-0.39, 0.29) is 6.10 Å². The van der Waals surface area contributed by atoms with E-state index in [1.54, 1.807) is 0 Å². The molecule has 0 bridgehead atoms. The van der Waals surface area contributed by atoms with Crippen molar-refractivity contribution in [2.75, 3.05) is 32.8 Å². The molecule has 0 aliphatic carbocycles. The molecule has 0 saturated carbocycles. The minimum absolute atomic E-state index is 0.146. The first kappa shape index (κ1) is 11.4. The SMILES string of the molecule is C[C@H](O)[C@@H]1CCCN(C[C@H]2CCOC2)C1. The molecule has 3 nitrogen and oxygen atoms in total. The standard InChI is InChI=1S/C12H23NO2/c1-10(14)12-3-2-5-13(8-12)7-11-4-6-15-9-11/h10-12,14H,2-9H2,1H3/t10-,11+,12+/m0/s1. The number of hydrogen-bond acceptors (Lipinski definition) is 3. The van der Waals surface area contributed by atoms with Gasteiger partial charge in [0.15, 0.2) is 0 Å². The summed E-state index contributed by atoms with van der Waals surface area (Å²) < 4.78 is 5.40. The number of likely N-dealkylation sites (tertiary alicyclic amines) is 1. The number of aliphatic hydroxyl groups is 1. The molecule has 2 fully saturated rings. The predicted molar refractivity (Wildman–Crippen MR) is 59.8 cm³/mol. The topological polar surface area (TPSA) is 32.7 Å². The predicted octanol–water partition coefficient (Wildman–Crippen LogP) is 1.12. The van der Waals surface area contributed by atoms with E-state index in [4.69, 9.17) is 4.74 Å². The molecule has 15 heavy (non-hydrogen) atoms. The Morgan fingerprint density at radius 2 is 2.33 bits per heavy atom. The van der Waals surface area contributed by atoms with Gasteiger partial charge in [0, 0.05) is 19.7 Å². The number of aliphatic hydroxyl groups excluding tert-OH is 1. The van der Waals surface area contributed by atoms with Gasteiger partial charge in [-0.2, -0.15) is 0 Å². The molecule has 2 heterocycles. The molecule has 0 spiro atoms. The van der Waals surface area contributed by atoms with E-state index in [1.165, 1.54) is 32.4 Å². The zero-order valence-corrected chi connectivity index (χ0v) is 9.69. The Morgan fingerprint density at radius 3 is 3.00 bits per heavy atom. The van der Waals surface area contributed by atoms with Crippen LogP contribution in [0, 0.1) is 11.8 Å². The maximum absolute atomic E-state index is 9.60. The maximum atomic E-state index is 9.60. The molecule has 3 heteroatoms. The van der Waals surface area contributed by atoms with Gasteiger partial charge in [-0.15, -0.1) is 0 Å². The summed E-state index contributed by atoms with van der Waals surface area (Å²) in [5, 5.41) is 9.60. The molecular weight excluding hydrogens is 190 g/mol. The van der Waals surface area contributed by atoms with Crippen LogP contribution in [0.1, 0.15) is 26.2 Å². The average Bonchev–Trinajstić information content (AvgIpc) is 2.71. The molecule has 2 aliphatic rings. The second-order valence-corrected chi connectivity index (χ2v) is 5.13. The molecule has 2 saturated heterocycles. The van der Waals surface area contributed by atoms with Crippen LogP contribution in [0.2, 0.25) is 0 Å². The fourth-order valence-electron chi connectivity index (χ4n) is 2.74. The van der Waals surface area contributed by atoms with Gasteiger partial charge < -0.3 is 14.7 Å². The molecule has 1 N–H and O–H groups in total. The molecule has 0 unspecified atom stereocenters. The van der Waals surface area contributed by atoms with Gasteiger partial charge in [0.1, 0.15) is 0 Å². The zero-order chi connectivity index (χ0) is 10.7. The van der Waals surface area contributed by atoms with Crippen molar-refractivity contribution < 1.29 is 9.84 Å². The highest BCUT2D eigenvalue weighted by Crippen LogP contribution is 2.22. The summed E-state index contributed by atoms with van der Waals surface area (Å²) in [5.74, 6) is 1.22. The summed E-state index contributed by atoms with van der Waals surface area (Å²) in [5.41, 5.74) is 0. The van der Waals surface area contributed by atoms with Crippen LogP contribution in [-0.4, -0.2) is 49.0 Å². The summed E-state index contributed by atoms with van der Waals surface area (Å²) in [7, 11) is 0. The van der Waals surface area contributed by atoms with E-state index < -0.39 is 0 Å². The van der Waals surface area contributed by atoms with Crippen molar-refractivity contribution in [2.45, 2.75) is 32.3 Å². The first-order valence-electron chi connectivity index (χ1n) is 6.24. The fraction of sp³-hybridized carbons (Fsp3) is 1.00. The second-order valence-electron chi connectivity index (χ2n) is 5.13. The highest BCUT2D eigenvalue weighted by molar-refractivity contribution is 4.78. The third-order valence-electron chi connectivity index (χ3n) is 3.76. The molecule has 2 rings (SSSR count). The minimum atomic E-state index is -0.146. The highest BCUT2D eigenvalue weighted by atomic mass is 16.5. The van der Waals surface area contributed by atoms with Crippen molar-refractivity contribution in [3.63, 3.8) is 0 Å². The van der Waals surface area contributed by atoms with Gasteiger partial charge in [0.05, 0.1) is 12.7 Å². The molecule has 2 aliphatic heterocycles. The number of nitrogens with zero attached hydrogens (tertiary/aromatic N) is 1. The van der Waals surface area contributed by atoms with Gasteiger partial charge in [-0.3, -0.25) is 0 Å². The maximum Gasteiger partial charge on any atom is 0.0552 e. The van der Waals surface area contributed by atoms with Gasteiger partial charge in [-0.05, 0) is 44.6 Å². The van der Waals surface area contributed by atoms with Crippen molar-refractivity contribution in [1.29, 1.82) is 0 Å². The summed E-state index contributed by atoms with van der Waals surface area (Å²) >= 11 is 0. The lowest BCUT2D eigenvalue weighted by Crippen LogP contribution is -2.41. The minimum Gasteiger partial charge on any atom is -0.393 e.